The van der Waals surface area contributed by atoms with Gasteiger partial charge in [0.1, 0.15) is 12.1 Å². The summed E-state index contributed by atoms with van der Waals surface area (Å²) in [6.07, 6.45) is 10.2. The van der Waals surface area contributed by atoms with Crippen molar-refractivity contribution in [3.8, 4) is 11.4 Å². The normalized spacial score (nSPS) is 22.8. The van der Waals surface area contributed by atoms with E-state index in [2.05, 4.69) is 31.3 Å². The molecule has 4 rings (SSSR count). The van der Waals surface area contributed by atoms with Crippen molar-refractivity contribution in [2.75, 3.05) is 13.7 Å². The van der Waals surface area contributed by atoms with Crippen LogP contribution < -0.4 is 0 Å². The lowest BCUT2D eigenvalue weighted by Gasteiger charge is -2.36. The largest absolute Gasteiger partial charge is 0.381 e. The van der Waals surface area contributed by atoms with Crippen molar-refractivity contribution in [3.05, 3.63) is 41.6 Å². The summed E-state index contributed by atoms with van der Waals surface area (Å²) >= 11 is 0. The molecule has 0 amide bonds. The van der Waals surface area contributed by atoms with E-state index in [1.54, 1.807) is 20.1 Å². The van der Waals surface area contributed by atoms with Crippen LogP contribution in [0.3, 0.4) is 0 Å². The van der Waals surface area contributed by atoms with Crippen LogP contribution >= 0.6 is 0 Å². The van der Waals surface area contributed by atoms with Gasteiger partial charge in [-0.15, -0.1) is 0 Å². The number of aliphatic imine (C=N–C) groups is 1. The maximum Gasteiger partial charge on any atom is 0.183 e. The van der Waals surface area contributed by atoms with Gasteiger partial charge >= 0.3 is 0 Å². The van der Waals surface area contributed by atoms with Crippen LogP contribution in [0.1, 0.15) is 36.8 Å². The average molecular weight is 369 g/mol. The van der Waals surface area contributed by atoms with Crippen LogP contribution in [0.4, 0.5) is 4.39 Å². The van der Waals surface area contributed by atoms with Crippen molar-refractivity contribution >= 4 is 11.9 Å². The molecule has 1 aromatic carbocycles. The van der Waals surface area contributed by atoms with E-state index in [4.69, 9.17) is 4.74 Å². The molecule has 1 aliphatic carbocycles. The van der Waals surface area contributed by atoms with Crippen molar-refractivity contribution in [2.45, 2.75) is 44.8 Å². The predicted octanol–water partition coefficient (Wildman–Crippen LogP) is 3.56. The number of aromatic amines is 1. The standard InChI is InChI=1S/C20H24FN5O/c1-13-16(7-8-17(19(13)21)20-23-12-24-25-20)18-11-26(10-9-22-18)14-3-5-15(27-2)6-4-14/h7-9,11-12,14-15H,3-6,10H2,1-2H3,(H,23,24,25)/t14-,15+. The van der Waals surface area contributed by atoms with Crippen molar-refractivity contribution in [1.82, 2.24) is 20.1 Å². The zero-order valence-corrected chi connectivity index (χ0v) is 15.7. The second kappa shape index (κ2) is 7.60. The number of halogens is 1. The van der Waals surface area contributed by atoms with Gasteiger partial charge < -0.3 is 9.64 Å². The summed E-state index contributed by atoms with van der Waals surface area (Å²) in [6.45, 7) is 2.57. The highest BCUT2D eigenvalue weighted by Gasteiger charge is 2.26. The number of aromatic nitrogens is 3. The lowest BCUT2D eigenvalue weighted by atomic mass is 9.91. The molecule has 2 heterocycles. The minimum absolute atomic E-state index is 0.305. The molecule has 6 nitrogen and oxygen atoms in total. The molecule has 1 fully saturated rings. The highest BCUT2D eigenvalue weighted by atomic mass is 19.1. The molecule has 1 N–H and O–H groups in total. The monoisotopic (exact) mass is 369 g/mol. The average Bonchev–Trinajstić information content (AvgIpc) is 3.25. The summed E-state index contributed by atoms with van der Waals surface area (Å²) < 4.78 is 20.4. The third-order valence-corrected chi connectivity index (χ3v) is 5.58. The van der Waals surface area contributed by atoms with Gasteiger partial charge in [0.25, 0.3) is 0 Å². The van der Waals surface area contributed by atoms with Gasteiger partial charge in [0.2, 0.25) is 0 Å². The van der Waals surface area contributed by atoms with E-state index >= 15 is 0 Å². The third-order valence-electron chi connectivity index (χ3n) is 5.58. The fourth-order valence-electron chi connectivity index (χ4n) is 3.96. The molecule has 0 spiro atoms. The molecule has 1 aromatic heterocycles. The quantitative estimate of drug-likeness (QED) is 0.895. The maximum atomic E-state index is 14.9. The van der Waals surface area contributed by atoms with Crippen LogP contribution in [0, 0.1) is 12.7 Å². The number of hydrogen-bond acceptors (Lipinski definition) is 5. The molecule has 2 aliphatic rings. The minimum Gasteiger partial charge on any atom is -0.381 e. The molecule has 2 aromatic rings. The first-order chi connectivity index (χ1) is 13.2. The molecule has 1 aliphatic heterocycles. The molecule has 0 radical (unpaired) electrons. The molecule has 142 valence electrons. The van der Waals surface area contributed by atoms with E-state index in [1.165, 1.54) is 6.33 Å². The SMILES string of the molecule is CO[C@H]1CC[C@@H](N2C=C(c3ccc(-c4nc[nH]n4)c(F)c3C)N=CC2)CC1. The fourth-order valence-corrected chi connectivity index (χ4v) is 3.96. The Bertz CT molecular complexity index is 854. The first-order valence-corrected chi connectivity index (χ1v) is 9.36. The zero-order chi connectivity index (χ0) is 18.8. The predicted molar refractivity (Wildman–Crippen MR) is 103 cm³/mol. The van der Waals surface area contributed by atoms with E-state index in [9.17, 15) is 4.39 Å². The Labute approximate surface area is 158 Å². The highest BCUT2D eigenvalue weighted by molar-refractivity contribution is 5.79. The Hall–Kier alpha value is -2.54. The first-order valence-electron chi connectivity index (χ1n) is 9.36. The number of methoxy groups -OCH3 is 1. The van der Waals surface area contributed by atoms with Crippen molar-refractivity contribution in [1.29, 1.82) is 0 Å². The van der Waals surface area contributed by atoms with Gasteiger partial charge in [0, 0.05) is 31.1 Å². The number of benzene rings is 1. The Kier molecular flexibility index (Phi) is 5.03. The molecular weight excluding hydrogens is 345 g/mol. The Morgan fingerprint density at radius 3 is 2.67 bits per heavy atom. The molecule has 0 atom stereocenters. The van der Waals surface area contributed by atoms with Gasteiger partial charge in [0.15, 0.2) is 5.82 Å². The van der Waals surface area contributed by atoms with Gasteiger partial charge in [-0.2, -0.15) is 5.10 Å². The number of H-pyrrole nitrogens is 1. The summed E-state index contributed by atoms with van der Waals surface area (Å²) in [5.41, 5.74) is 2.56. The highest BCUT2D eigenvalue weighted by Crippen LogP contribution is 2.31. The number of ether oxygens (including phenoxy) is 1. The molecule has 1 saturated carbocycles. The molecule has 0 saturated heterocycles. The van der Waals surface area contributed by atoms with Gasteiger partial charge in [-0.1, -0.05) is 6.07 Å². The van der Waals surface area contributed by atoms with Crippen molar-refractivity contribution in [2.24, 2.45) is 4.99 Å². The van der Waals surface area contributed by atoms with Gasteiger partial charge in [-0.05, 0) is 44.2 Å². The van der Waals surface area contributed by atoms with Crippen molar-refractivity contribution in [3.63, 3.8) is 0 Å². The van der Waals surface area contributed by atoms with Crippen LogP contribution in [0.2, 0.25) is 0 Å². The smallest absolute Gasteiger partial charge is 0.183 e. The van der Waals surface area contributed by atoms with E-state index in [-0.39, 0.29) is 5.82 Å². The lowest BCUT2D eigenvalue weighted by molar-refractivity contribution is 0.0501. The second-order valence-electron chi connectivity index (χ2n) is 7.11. The lowest BCUT2D eigenvalue weighted by Crippen LogP contribution is -2.38. The Morgan fingerprint density at radius 2 is 1.96 bits per heavy atom. The number of nitrogens with one attached hydrogen (secondary N) is 1. The number of rotatable bonds is 4. The summed E-state index contributed by atoms with van der Waals surface area (Å²) in [4.78, 5) is 10.9. The summed E-state index contributed by atoms with van der Waals surface area (Å²) in [5.74, 6) is 0.0562. The Morgan fingerprint density at radius 1 is 1.19 bits per heavy atom. The van der Waals surface area contributed by atoms with Crippen LogP contribution in [-0.2, 0) is 4.74 Å². The van der Waals surface area contributed by atoms with Gasteiger partial charge in [0.05, 0.1) is 23.9 Å². The number of hydrogen-bond donors (Lipinski definition) is 1. The molecule has 7 heteroatoms. The van der Waals surface area contributed by atoms with E-state index in [1.807, 2.05) is 12.3 Å². The fraction of sp³-hybridized carbons (Fsp3) is 0.450. The van der Waals surface area contributed by atoms with E-state index in [0.717, 1.165) is 43.5 Å². The second-order valence-corrected chi connectivity index (χ2v) is 7.11. The van der Waals surface area contributed by atoms with Crippen molar-refractivity contribution < 1.29 is 9.13 Å². The van der Waals surface area contributed by atoms with Gasteiger partial charge in [-0.3, -0.25) is 10.1 Å². The Balaban J connectivity index is 1.58. The minimum atomic E-state index is -0.305. The van der Waals surface area contributed by atoms with E-state index < -0.39 is 0 Å². The maximum absolute atomic E-state index is 14.9. The molecular formula is C20H24FN5O. The first kappa shape index (κ1) is 17.9. The van der Waals surface area contributed by atoms with Crippen LogP contribution in [0.25, 0.3) is 17.1 Å². The molecule has 0 unspecified atom stereocenters. The molecule has 0 bridgehead atoms. The zero-order valence-electron chi connectivity index (χ0n) is 15.7. The van der Waals surface area contributed by atoms with Crippen LogP contribution in [0.15, 0.2) is 29.7 Å². The summed E-state index contributed by atoms with van der Waals surface area (Å²) in [7, 11) is 1.79. The summed E-state index contributed by atoms with van der Waals surface area (Å²) in [5, 5.41) is 6.60. The topological polar surface area (TPSA) is 66.4 Å². The number of nitrogens with zero attached hydrogens (tertiary/aromatic N) is 4. The van der Waals surface area contributed by atoms with E-state index in [0.29, 0.717) is 29.1 Å². The van der Waals surface area contributed by atoms with Crippen LogP contribution in [-0.4, -0.2) is 52.1 Å². The van der Waals surface area contributed by atoms with Gasteiger partial charge in [-0.25, -0.2) is 9.37 Å². The molecule has 27 heavy (non-hydrogen) atoms. The third kappa shape index (κ3) is 3.51. The van der Waals surface area contributed by atoms with Crippen LogP contribution in [0.5, 0.6) is 0 Å². The summed E-state index contributed by atoms with van der Waals surface area (Å²) in [6, 6.07) is 4.11.